The second-order valence-corrected chi connectivity index (χ2v) is 20.5. The van der Waals surface area contributed by atoms with Crippen LogP contribution < -0.4 is 30.6 Å². The summed E-state index contributed by atoms with van der Waals surface area (Å²) in [5.41, 5.74) is 0. The van der Waals surface area contributed by atoms with Gasteiger partial charge in [-0.3, -0.25) is 49.0 Å². The molecule has 32 heteroatoms. The van der Waals surface area contributed by atoms with Crippen LogP contribution in [0.25, 0.3) is 0 Å². The second kappa shape index (κ2) is 48.1. The first kappa shape index (κ1) is 76.1. The van der Waals surface area contributed by atoms with E-state index in [1.807, 2.05) is 19.6 Å². The summed E-state index contributed by atoms with van der Waals surface area (Å²) in [7, 11) is 0. The molecular weight excluding hydrogens is 1120 g/mol. The quantitative estimate of drug-likeness (QED) is 0.0411. The van der Waals surface area contributed by atoms with Crippen LogP contribution in [0.4, 0.5) is 0 Å². The van der Waals surface area contributed by atoms with Gasteiger partial charge in [0, 0.05) is 196 Å². The Morgan fingerprint density at radius 3 is 0.702 bits per heavy atom. The highest BCUT2D eigenvalue weighted by Gasteiger charge is 2.24. The molecule has 0 aromatic rings. The highest BCUT2D eigenvalue weighted by atomic mass is 16.6. The summed E-state index contributed by atoms with van der Waals surface area (Å²) in [5, 5.41) is 112. The number of rotatable bonds is 45. The number of carboxylic acid groups (broad SMARTS) is 6. The minimum atomic E-state index is -1.34. The number of aliphatic hydroxyl groups is 4. The fraction of sp³-hybridized carbons (Fsp3) is 0.885. The standard InChI is InChI=1S/C52H100N10O22/c63-21-25-81-29-33-83-31-27-79-23-19-61(37-45(65)35-53-1-5-55(39-47(67)68)9-13-59(43-51(75)76)14-10-56(6-2-53)40-48(69)70)17-18-62(20-24-80-28-32-84-34-30-82-26-22-64)38-46(66)36-54-3-7-57(41-49(71)72)11-15-60(44-52(77)78)16-12-58(8-4-54)42-50(73)74/h45-46,63-66H,1-44H2,(H,67,68)(H,69,70)(H,71,72)(H,73,74)(H,75,76)(H,77,78)/p-6. The van der Waals surface area contributed by atoms with Gasteiger partial charge in [-0.1, -0.05) is 0 Å². The Bertz CT molecular complexity index is 1590. The van der Waals surface area contributed by atoms with Gasteiger partial charge in [0.25, 0.3) is 0 Å². The third-order valence-electron chi connectivity index (χ3n) is 13.6. The number of nitrogens with zero attached hydrogens (tertiary/aromatic N) is 10. The van der Waals surface area contributed by atoms with Gasteiger partial charge in [-0.15, -0.1) is 0 Å². The zero-order chi connectivity index (χ0) is 61.7. The maximum Gasteiger partial charge on any atom is 0.0793 e. The molecule has 0 radical (unpaired) electrons. The molecule has 2 fully saturated rings. The predicted molar refractivity (Wildman–Crippen MR) is 286 cm³/mol. The maximum absolute atomic E-state index is 11.9. The Hall–Kier alpha value is -3.98. The number of ether oxygens (including phenoxy) is 6. The average molecular weight is 1210 g/mol. The molecule has 2 heterocycles. The van der Waals surface area contributed by atoms with E-state index in [4.69, 9.17) is 38.6 Å². The van der Waals surface area contributed by atoms with Crippen LogP contribution in [0.2, 0.25) is 0 Å². The number of hydrogen-bond acceptors (Lipinski definition) is 32. The third-order valence-corrected chi connectivity index (χ3v) is 13.6. The summed E-state index contributed by atoms with van der Waals surface area (Å²) in [6.07, 6.45) is -2.03. The first-order valence-corrected chi connectivity index (χ1v) is 28.8. The molecule has 4 N–H and O–H groups in total. The molecule has 2 aliphatic rings. The number of hydrogen-bond donors (Lipinski definition) is 4. The van der Waals surface area contributed by atoms with Crippen molar-refractivity contribution < 1.29 is 108 Å². The SMILES string of the molecule is O=C([O-])CN1CCN(CC(=O)[O-])CCN(CC(O)CN(CCOCCOCCOCCO)CCN(CCOCCOCCOCCO)CC(O)CN2CCN(CC(=O)[O-])CCN(CC(=O)[O-])CCN(CC(=O)[O-])CC2)CCN(CC(=O)[O-])CC1. The van der Waals surface area contributed by atoms with E-state index < -0.39 is 87.3 Å². The lowest BCUT2D eigenvalue weighted by atomic mass is 10.2. The first-order valence-electron chi connectivity index (χ1n) is 28.8. The van der Waals surface area contributed by atoms with Crippen molar-refractivity contribution in [3.05, 3.63) is 0 Å². The molecule has 0 aromatic heterocycles. The second-order valence-electron chi connectivity index (χ2n) is 20.5. The van der Waals surface area contributed by atoms with E-state index in [1.165, 1.54) is 0 Å². The monoisotopic (exact) mass is 1210 g/mol. The summed E-state index contributed by atoms with van der Waals surface area (Å²) in [5.74, 6) is -8.01. The van der Waals surface area contributed by atoms with Crippen molar-refractivity contribution in [3.8, 4) is 0 Å². The lowest BCUT2D eigenvalue weighted by Crippen LogP contribution is -2.52. The Morgan fingerprint density at radius 2 is 0.500 bits per heavy atom. The van der Waals surface area contributed by atoms with Gasteiger partial charge in [-0.05, 0) is 0 Å². The zero-order valence-corrected chi connectivity index (χ0v) is 48.9. The van der Waals surface area contributed by atoms with Gasteiger partial charge >= 0.3 is 0 Å². The fourth-order valence-corrected chi connectivity index (χ4v) is 9.35. The van der Waals surface area contributed by atoms with E-state index in [-0.39, 0.29) is 197 Å². The molecule has 2 rings (SSSR count). The summed E-state index contributed by atoms with van der Waals surface area (Å²) in [4.78, 5) is 87.6. The molecule has 0 aliphatic carbocycles. The molecule has 2 saturated heterocycles. The van der Waals surface area contributed by atoms with E-state index in [1.54, 1.807) is 29.4 Å². The average Bonchev–Trinajstić information content (AvgIpc) is 3.58. The number of carbonyl (C=O) groups excluding carboxylic acids is 6. The van der Waals surface area contributed by atoms with Gasteiger partial charge in [0.15, 0.2) is 0 Å². The van der Waals surface area contributed by atoms with E-state index in [0.717, 1.165) is 0 Å². The molecule has 32 nitrogen and oxygen atoms in total. The molecule has 0 amide bonds. The van der Waals surface area contributed by atoms with Crippen molar-refractivity contribution in [2.75, 3.05) is 289 Å². The topological polar surface area (TPSA) is 409 Å². The Kier molecular flexibility index (Phi) is 43.6. The smallest absolute Gasteiger partial charge is 0.0793 e. The molecule has 0 aromatic carbocycles. The van der Waals surface area contributed by atoms with Crippen LogP contribution >= 0.6 is 0 Å². The van der Waals surface area contributed by atoms with Gasteiger partial charge in [0.1, 0.15) is 0 Å². The zero-order valence-electron chi connectivity index (χ0n) is 48.9. The molecule has 0 saturated carbocycles. The van der Waals surface area contributed by atoms with E-state index in [0.29, 0.717) is 52.6 Å². The van der Waals surface area contributed by atoms with Gasteiger partial charge in [-0.2, -0.15) is 0 Å². The van der Waals surface area contributed by atoms with Crippen molar-refractivity contribution in [3.63, 3.8) is 0 Å². The maximum atomic E-state index is 11.9. The summed E-state index contributed by atoms with van der Waals surface area (Å²) in [6, 6.07) is 0. The molecule has 2 atom stereocenters. The van der Waals surface area contributed by atoms with Crippen LogP contribution in [-0.4, -0.2) is 406 Å². The van der Waals surface area contributed by atoms with Crippen molar-refractivity contribution in [1.29, 1.82) is 0 Å². The summed E-state index contributed by atoms with van der Waals surface area (Å²) >= 11 is 0. The van der Waals surface area contributed by atoms with E-state index in [9.17, 15) is 69.6 Å². The van der Waals surface area contributed by atoms with E-state index >= 15 is 0 Å². The number of carboxylic acids is 6. The molecule has 84 heavy (non-hydrogen) atoms. The Balaban J connectivity index is 2.38. The van der Waals surface area contributed by atoms with Crippen LogP contribution in [0.1, 0.15) is 0 Å². The normalized spacial score (nSPS) is 18.2. The van der Waals surface area contributed by atoms with Crippen molar-refractivity contribution in [2.24, 2.45) is 0 Å². The van der Waals surface area contributed by atoms with Crippen LogP contribution in [0.15, 0.2) is 0 Å². The highest BCUT2D eigenvalue weighted by Crippen LogP contribution is 2.07. The predicted octanol–water partition coefficient (Wildman–Crippen LogP) is -14.7. The lowest BCUT2D eigenvalue weighted by molar-refractivity contribution is -0.308. The molecular formula is C52H94N10O22-6. The number of aliphatic carboxylic acids is 6. The Morgan fingerprint density at radius 1 is 0.310 bits per heavy atom. The summed E-state index contributed by atoms with van der Waals surface area (Å²) in [6.45, 7) is 4.78. The van der Waals surface area contributed by atoms with Crippen LogP contribution in [-0.2, 0) is 57.2 Å². The molecule has 2 unspecified atom stereocenters. The highest BCUT2D eigenvalue weighted by molar-refractivity contribution is 5.68. The minimum absolute atomic E-state index is 0.0826. The van der Waals surface area contributed by atoms with E-state index in [2.05, 4.69) is 0 Å². The Labute approximate surface area is 493 Å². The fourth-order valence-electron chi connectivity index (χ4n) is 9.35. The van der Waals surface area contributed by atoms with Crippen molar-refractivity contribution >= 4 is 35.8 Å². The molecule has 0 bridgehead atoms. The molecule has 490 valence electrons. The van der Waals surface area contributed by atoms with Crippen LogP contribution in [0.5, 0.6) is 0 Å². The van der Waals surface area contributed by atoms with Crippen molar-refractivity contribution in [1.82, 2.24) is 49.0 Å². The summed E-state index contributed by atoms with van der Waals surface area (Å²) < 4.78 is 33.5. The first-order chi connectivity index (χ1) is 40.3. The van der Waals surface area contributed by atoms with Gasteiger partial charge in [-0.25, -0.2) is 0 Å². The number of aliphatic hydroxyl groups excluding tert-OH is 4. The number of β-amino-alcohol motifs (C(OH)–C–C–N with tert-alkyl or cyclic N) is 2. The van der Waals surface area contributed by atoms with Crippen molar-refractivity contribution in [2.45, 2.75) is 12.2 Å². The van der Waals surface area contributed by atoms with Gasteiger partial charge < -0.3 is 108 Å². The molecule has 0 spiro atoms. The third kappa shape index (κ3) is 42.0. The van der Waals surface area contributed by atoms with Crippen LogP contribution in [0, 0.1) is 0 Å². The minimum Gasteiger partial charge on any atom is -0.549 e. The van der Waals surface area contributed by atoms with Gasteiger partial charge in [0.05, 0.1) is 141 Å². The lowest BCUT2D eigenvalue weighted by Gasteiger charge is -2.36. The van der Waals surface area contributed by atoms with Gasteiger partial charge in [0.2, 0.25) is 0 Å². The van der Waals surface area contributed by atoms with Crippen LogP contribution in [0.3, 0.4) is 0 Å². The molecule has 2 aliphatic heterocycles. The number of carbonyl (C=O) groups is 6. The largest absolute Gasteiger partial charge is 0.549 e.